The number of hydrogen-bond donors (Lipinski definition) is 1. The maximum Gasteiger partial charge on any atom is 0.136 e. The molecule has 0 atom stereocenters. The lowest BCUT2D eigenvalue weighted by atomic mass is 9.65. The molecule has 0 amide bonds. The summed E-state index contributed by atoms with van der Waals surface area (Å²) in [6.07, 6.45) is 15.1. The van der Waals surface area contributed by atoms with Gasteiger partial charge in [0.1, 0.15) is 64.0 Å². The molecule has 0 saturated heterocycles. The van der Waals surface area contributed by atoms with Crippen LogP contribution in [0.3, 0.4) is 0 Å². The zero-order chi connectivity index (χ0) is 35.6. The Labute approximate surface area is 304 Å². The van der Waals surface area contributed by atoms with Crippen molar-refractivity contribution in [3.05, 3.63) is 133 Å². The molecule has 7 aromatic rings. The van der Waals surface area contributed by atoms with Gasteiger partial charge in [-0.05, 0) is 90.6 Å². The van der Waals surface area contributed by atoms with Crippen molar-refractivity contribution in [3.8, 4) is 28.0 Å². The standard InChI is InChI=1S/C43H24B6O2/c1-22-9-4-2-3-5-10-23(18-17-22)33-37-27(11-6-14-29(37)44)35(28-12-7-15-30(45)38(28)33)26-13-8-16-31-36(26)25-20-19-24(21-32(25)51-31)34-39(46)41(48)42(49)43(50)40(34)47/h2-4,6-21,50H,1,5H2/b3-2-,9-4-,18-17?,23-10?. The second-order valence-corrected chi connectivity index (χ2v) is 12.8. The van der Waals surface area contributed by atoms with E-state index in [1.54, 1.807) is 0 Å². The lowest BCUT2D eigenvalue weighted by Crippen LogP contribution is -2.44. The molecule has 0 aliphatic heterocycles. The molecule has 1 heterocycles. The third-order valence-corrected chi connectivity index (χ3v) is 9.71. The van der Waals surface area contributed by atoms with Crippen molar-refractivity contribution in [3.63, 3.8) is 0 Å². The molecule has 0 unspecified atom stereocenters. The second kappa shape index (κ2) is 12.7. The van der Waals surface area contributed by atoms with Gasteiger partial charge in [0, 0.05) is 10.8 Å². The second-order valence-electron chi connectivity index (χ2n) is 12.8. The van der Waals surface area contributed by atoms with Gasteiger partial charge in [0.2, 0.25) is 0 Å². The van der Waals surface area contributed by atoms with Crippen molar-refractivity contribution in [2.45, 2.75) is 6.42 Å². The Kier molecular flexibility index (Phi) is 8.14. The summed E-state index contributed by atoms with van der Waals surface area (Å²) in [6.45, 7) is 4.19. The van der Waals surface area contributed by atoms with Crippen molar-refractivity contribution >= 4 is 129 Å². The smallest absolute Gasteiger partial charge is 0.136 e. The van der Waals surface area contributed by atoms with E-state index in [2.05, 4.69) is 43.0 Å². The van der Waals surface area contributed by atoms with Gasteiger partial charge in [0.25, 0.3) is 0 Å². The van der Waals surface area contributed by atoms with Gasteiger partial charge in [-0.1, -0.05) is 126 Å². The molecule has 0 bridgehead atoms. The monoisotopic (exact) mass is 638 g/mol. The molecule has 1 aromatic heterocycles. The van der Waals surface area contributed by atoms with Crippen LogP contribution in [-0.2, 0) is 0 Å². The SMILES string of the molecule is [B]c1c([B])c(O)c([B])c(-c2ccc3c(c2)oc2cccc(-c4c5cccc([B])c5c(C5=CC/C=C\C=C/C(=C)C=C5)c5c([B])cccc45)c23)c1[B]. The Morgan fingerprint density at radius 3 is 2.02 bits per heavy atom. The maximum absolute atomic E-state index is 10.6. The van der Waals surface area contributed by atoms with Gasteiger partial charge in [-0.2, -0.15) is 0 Å². The van der Waals surface area contributed by atoms with E-state index in [9.17, 15) is 5.11 Å². The average molecular weight is 638 g/mol. The molecule has 1 N–H and O–H groups in total. The van der Waals surface area contributed by atoms with Gasteiger partial charge in [-0.25, -0.2) is 0 Å². The van der Waals surface area contributed by atoms with Crippen molar-refractivity contribution in [1.82, 2.24) is 0 Å². The van der Waals surface area contributed by atoms with E-state index in [1.807, 2.05) is 78.9 Å². The van der Waals surface area contributed by atoms with Crippen LogP contribution in [0.1, 0.15) is 12.0 Å². The number of fused-ring (bicyclic) bond motifs is 5. The van der Waals surface area contributed by atoms with Crippen molar-refractivity contribution in [2.75, 3.05) is 0 Å². The Morgan fingerprint density at radius 2 is 1.29 bits per heavy atom. The number of furan rings is 1. The van der Waals surface area contributed by atoms with Crippen molar-refractivity contribution < 1.29 is 9.52 Å². The number of aromatic hydroxyl groups is 1. The first-order valence-electron chi connectivity index (χ1n) is 16.5. The molecule has 0 fully saturated rings. The minimum Gasteiger partial charge on any atom is -0.509 e. The van der Waals surface area contributed by atoms with E-state index in [4.69, 9.17) is 51.5 Å². The van der Waals surface area contributed by atoms with Crippen LogP contribution in [0.5, 0.6) is 5.75 Å². The fraction of sp³-hybridized carbons (Fsp3) is 0.0233. The first-order chi connectivity index (χ1) is 24.7. The maximum atomic E-state index is 10.6. The highest BCUT2D eigenvalue weighted by atomic mass is 16.3. The van der Waals surface area contributed by atoms with Crippen LogP contribution >= 0.6 is 0 Å². The summed E-state index contributed by atoms with van der Waals surface area (Å²) in [6, 6.07) is 23.8. The lowest BCUT2D eigenvalue weighted by molar-refractivity contribution is 0.484. The number of benzene rings is 6. The van der Waals surface area contributed by atoms with E-state index >= 15 is 0 Å². The summed E-state index contributed by atoms with van der Waals surface area (Å²) < 4.78 is 6.50. The summed E-state index contributed by atoms with van der Waals surface area (Å²) in [5, 5.41) is 16.2. The van der Waals surface area contributed by atoms with Gasteiger partial charge in [-0.15, -0.1) is 5.46 Å². The van der Waals surface area contributed by atoms with Crippen LogP contribution in [0.2, 0.25) is 0 Å². The van der Waals surface area contributed by atoms with E-state index in [0.717, 1.165) is 66.6 Å². The molecule has 8 heteroatoms. The van der Waals surface area contributed by atoms with Crippen LogP contribution in [0.25, 0.3) is 71.3 Å². The highest BCUT2D eigenvalue weighted by Crippen LogP contribution is 2.45. The first kappa shape index (κ1) is 32.7. The minimum atomic E-state index is -0.306. The van der Waals surface area contributed by atoms with Crippen LogP contribution in [0, 0.1) is 0 Å². The number of rotatable bonds is 3. The van der Waals surface area contributed by atoms with Crippen LogP contribution < -0.4 is 32.8 Å². The van der Waals surface area contributed by atoms with E-state index in [0.29, 0.717) is 33.2 Å². The van der Waals surface area contributed by atoms with Crippen LogP contribution in [0.15, 0.2) is 132 Å². The summed E-state index contributed by atoms with van der Waals surface area (Å²) in [5.74, 6) is -0.306. The minimum absolute atomic E-state index is 0.0424. The van der Waals surface area contributed by atoms with Gasteiger partial charge in [0.15, 0.2) is 0 Å². The Morgan fingerprint density at radius 1 is 0.588 bits per heavy atom. The molecule has 1 aliphatic rings. The third-order valence-electron chi connectivity index (χ3n) is 9.71. The summed E-state index contributed by atoms with van der Waals surface area (Å²) in [7, 11) is 38.6. The van der Waals surface area contributed by atoms with Crippen molar-refractivity contribution in [2.24, 2.45) is 0 Å². The summed E-state index contributed by atoms with van der Waals surface area (Å²) in [5.41, 5.74) is 8.63. The molecule has 0 saturated carbocycles. The Balaban J connectivity index is 1.44. The third kappa shape index (κ3) is 5.28. The van der Waals surface area contributed by atoms with Gasteiger partial charge >= 0.3 is 0 Å². The predicted molar refractivity (Wildman–Crippen MR) is 223 cm³/mol. The normalized spacial score (nSPS) is 14.7. The van der Waals surface area contributed by atoms with E-state index in [1.165, 1.54) is 0 Å². The number of phenolic OH excluding ortho intramolecular Hbond substituents is 1. The number of phenols is 1. The van der Waals surface area contributed by atoms with E-state index in [-0.39, 0.29) is 27.6 Å². The molecule has 2 nitrogen and oxygen atoms in total. The van der Waals surface area contributed by atoms with E-state index < -0.39 is 0 Å². The van der Waals surface area contributed by atoms with Crippen LogP contribution in [0.4, 0.5) is 0 Å². The van der Waals surface area contributed by atoms with Crippen LogP contribution in [-0.4, -0.2) is 52.2 Å². The molecule has 51 heavy (non-hydrogen) atoms. The molecular weight excluding hydrogens is 613 g/mol. The largest absolute Gasteiger partial charge is 0.509 e. The number of hydrogen-bond acceptors (Lipinski definition) is 2. The molecular formula is C43H24B6O2. The fourth-order valence-corrected chi connectivity index (χ4v) is 7.32. The molecule has 226 valence electrons. The zero-order valence-electron chi connectivity index (χ0n) is 27.7. The quantitative estimate of drug-likeness (QED) is 0.225. The lowest BCUT2D eigenvalue weighted by Gasteiger charge is -2.22. The number of allylic oxidation sites excluding steroid dienone is 9. The Bertz CT molecular complexity index is 2670. The molecule has 12 radical (unpaired) electrons. The molecule has 6 aromatic carbocycles. The molecule has 0 spiro atoms. The Hall–Kier alpha value is -5.47. The highest BCUT2D eigenvalue weighted by molar-refractivity contribution is 6.62. The highest BCUT2D eigenvalue weighted by Gasteiger charge is 2.23. The van der Waals surface area contributed by atoms with Gasteiger partial charge in [-0.3, -0.25) is 0 Å². The average Bonchev–Trinajstić information content (AvgIpc) is 3.51. The zero-order valence-corrected chi connectivity index (χ0v) is 27.7. The van der Waals surface area contributed by atoms with Gasteiger partial charge < -0.3 is 9.52 Å². The first-order valence-corrected chi connectivity index (χ1v) is 16.5. The van der Waals surface area contributed by atoms with Crippen molar-refractivity contribution in [1.29, 1.82) is 0 Å². The fourth-order valence-electron chi connectivity index (χ4n) is 7.32. The predicted octanol–water partition coefficient (Wildman–Crippen LogP) is 4.71. The molecule has 8 rings (SSSR count). The summed E-state index contributed by atoms with van der Waals surface area (Å²) in [4.78, 5) is 0. The topological polar surface area (TPSA) is 33.4 Å². The molecule has 1 aliphatic carbocycles. The summed E-state index contributed by atoms with van der Waals surface area (Å²) >= 11 is 0. The van der Waals surface area contributed by atoms with Gasteiger partial charge in [0.05, 0.1) is 0 Å².